The summed E-state index contributed by atoms with van der Waals surface area (Å²) in [5, 5.41) is 5.11. The number of benzene rings is 2. The van der Waals surface area contributed by atoms with Gasteiger partial charge in [-0.2, -0.15) is 0 Å². The second-order valence-electron chi connectivity index (χ2n) is 8.90. The number of anilines is 1. The first-order chi connectivity index (χ1) is 16.0. The van der Waals surface area contributed by atoms with Gasteiger partial charge in [-0.25, -0.2) is 0 Å². The molecule has 1 heterocycles. The van der Waals surface area contributed by atoms with Gasteiger partial charge in [0.05, 0.1) is 18.7 Å². The van der Waals surface area contributed by atoms with Crippen molar-refractivity contribution in [1.82, 2.24) is 9.88 Å². The van der Waals surface area contributed by atoms with Crippen molar-refractivity contribution in [1.29, 1.82) is 0 Å². The molecule has 0 aliphatic heterocycles. The fourth-order valence-corrected chi connectivity index (χ4v) is 4.96. The van der Waals surface area contributed by atoms with E-state index in [9.17, 15) is 4.79 Å². The Morgan fingerprint density at radius 2 is 1.85 bits per heavy atom. The summed E-state index contributed by atoms with van der Waals surface area (Å²) < 4.78 is 5.54. The largest absolute Gasteiger partial charge is 0.494 e. The molecule has 4 rings (SSSR count). The van der Waals surface area contributed by atoms with E-state index in [-0.39, 0.29) is 5.56 Å². The van der Waals surface area contributed by atoms with Gasteiger partial charge in [0.15, 0.2) is 5.11 Å². The normalized spacial score (nSPS) is 14.3. The second-order valence-corrected chi connectivity index (χ2v) is 9.29. The standard InChI is InChI=1S/C27H33N3O2S/c1-4-32-24-14-12-22(13-15-24)28-27(33)30(23-8-6-5-7-9-23)17-21-16-20-11-10-18(2)19(3)25(20)29-26(21)31/h10-16,23H,4-9,17H2,1-3H3,(H,28,33)(H,29,31). The third kappa shape index (κ3) is 5.38. The minimum Gasteiger partial charge on any atom is -0.494 e. The molecule has 2 N–H and O–H groups in total. The Bertz CT molecular complexity index is 1180. The highest BCUT2D eigenvalue weighted by atomic mass is 32.1. The smallest absolute Gasteiger partial charge is 0.253 e. The van der Waals surface area contributed by atoms with Crippen LogP contribution in [0.4, 0.5) is 5.69 Å². The molecule has 174 valence electrons. The van der Waals surface area contributed by atoms with Crippen LogP contribution >= 0.6 is 12.2 Å². The van der Waals surface area contributed by atoms with Crippen LogP contribution < -0.4 is 15.6 Å². The van der Waals surface area contributed by atoms with Crippen LogP contribution in [0.1, 0.15) is 55.7 Å². The lowest BCUT2D eigenvalue weighted by molar-refractivity contribution is 0.240. The van der Waals surface area contributed by atoms with Crippen LogP contribution in [-0.2, 0) is 6.54 Å². The molecule has 5 nitrogen and oxygen atoms in total. The predicted molar refractivity (Wildman–Crippen MR) is 140 cm³/mol. The zero-order valence-corrected chi connectivity index (χ0v) is 20.6. The summed E-state index contributed by atoms with van der Waals surface area (Å²) in [7, 11) is 0. The lowest BCUT2D eigenvalue weighted by Crippen LogP contribution is -2.44. The molecule has 1 aromatic heterocycles. The first-order valence-electron chi connectivity index (χ1n) is 11.9. The first-order valence-corrected chi connectivity index (χ1v) is 12.3. The molecule has 0 spiro atoms. The van der Waals surface area contributed by atoms with Crippen molar-refractivity contribution in [3.63, 3.8) is 0 Å². The number of aromatic nitrogens is 1. The third-order valence-corrected chi connectivity index (χ3v) is 7.00. The summed E-state index contributed by atoms with van der Waals surface area (Å²) in [4.78, 5) is 18.4. The van der Waals surface area contributed by atoms with Gasteiger partial charge < -0.3 is 19.9 Å². The van der Waals surface area contributed by atoms with Crippen molar-refractivity contribution in [2.24, 2.45) is 0 Å². The SMILES string of the molecule is CCOc1ccc(NC(=S)N(Cc2cc3ccc(C)c(C)c3[nH]c2=O)C2CCCCC2)cc1. The maximum Gasteiger partial charge on any atom is 0.253 e. The van der Waals surface area contributed by atoms with E-state index in [2.05, 4.69) is 41.2 Å². The fourth-order valence-electron chi connectivity index (χ4n) is 4.63. The minimum absolute atomic E-state index is 0.0409. The maximum absolute atomic E-state index is 13.0. The minimum atomic E-state index is -0.0409. The van der Waals surface area contributed by atoms with Crippen LogP contribution in [0.3, 0.4) is 0 Å². The highest BCUT2D eigenvalue weighted by Crippen LogP contribution is 2.26. The van der Waals surface area contributed by atoms with Crippen LogP contribution in [0, 0.1) is 13.8 Å². The lowest BCUT2D eigenvalue weighted by atomic mass is 9.94. The number of rotatable bonds is 6. The van der Waals surface area contributed by atoms with Crippen LogP contribution in [-0.4, -0.2) is 27.6 Å². The maximum atomic E-state index is 13.0. The molecule has 0 radical (unpaired) electrons. The Kier molecular flexibility index (Phi) is 7.33. The van der Waals surface area contributed by atoms with E-state index in [0.717, 1.165) is 46.3 Å². The number of H-pyrrole nitrogens is 1. The number of ether oxygens (including phenoxy) is 1. The molecule has 0 bridgehead atoms. The average Bonchev–Trinajstić information content (AvgIpc) is 2.82. The molecule has 3 aromatic rings. The number of nitrogens with zero attached hydrogens (tertiary/aromatic N) is 1. The molecule has 0 unspecified atom stereocenters. The second kappa shape index (κ2) is 10.4. The van der Waals surface area contributed by atoms with Gasteiger partial charge in [0.1, 0.15) is 5.75 Å². The van der Waals surface area contributed by atoms with Crippen molar-refractivity contribution < 1.29 is 4.74 Å². The molecule has 0 saturated heterocycles. The van der Waals surface area contributed by atoms with Crippen molar-refractivity contribution in [2.75, 3.05) is 11.9 Å². The average molecular weight is 464 g/mol. The molecule has 6 heteroatoms. The molecule has 1 fully saturated rings. The summed E-state index contributed by atoms with van der Waals surface area (Å²) in [5.74, 6) is 0.839. The summed E-state index contributed by atoms with van der Waals surface area (Å²) in [6.45, 7) is 7.22. The highest BCUT2D eigenvalue weighted by molar-refractivity contribution is 7.80. The van der Waals surface area contributed by atoms with Crippen LogP contribution in [0.2, 0.25) is 0 Å². The lowest BCUT2D eigenvalue weighted by Gasteiger charge is -2.36. The molecular weight excluding hydrogens is 430 g/mol. The van der Waals surface area contributed by atoms with Gasteiger partial charge in [-0.1, -0.05) is 31.4 Å². The van der Waals surface area contributed by atoms with Crippen molar-refractivity contribution in [3.8, 4) is 5.75 Å². The third-order valence-electron chi connectivity index (χ3n) is 6.66. The summed E-state index contributed by atoms with van der Waals surface area (Å²) in [6.07, 6.45) is 5.83. The highest BCUT2D eigenvalue weighted by Gasteiger charge is 2.24. The Morgan fingerprint density at radius 1 is 1.12 bits per heavy atom. The quantitative estimate of drug-likeness (QED) is 0.434. The topological polar surface area (TPSA) is 57.4 Å². The molecule has 1 aliphatic rings. The molecule has 0 amide bonds. The van der Waals surface area contributed by atoms with Crippen molar-refractivity contribution in [2.45, 2.75) is 65.5 Å². The van der Waals surface area contributed by atoms with Crippen molar-refractivity contribution in [3.05, 3.63) is 69.5 Å². The Hall–Kier alpha value is -2.86. The van der Waals surface area contributed by atoms with Crippen LogP contribution in [0.25, 0.3) is 10.9 Å². The zero-order valence-electron chi connectivity index (χ0n) is 19.7. The van der Waals surface area contributed by atoms with E-state index in [1.807, 2.05) is 37.3 Å². The number of nitrogens with one attached hydrogen (secondary N) is 2. The molecule has 33 heavy (non-hydrogen) atoms. The zero-order chi connectivity index (χ0) is 23.4. The van der Waals surface area contributed by atoms with E-state index in [1.54, 1.807) is 0 Å². The predicted octanol–water partition coefficient (Wildman–Crippen LogP) is 6.08. The summed E-state index contributed by atoms with van der Waals surface area (Å²) >= 11 is 5.87. The van der Waals surface area contributed by atoms with E-state index in [4.69, 9.17) is 17.0 Å². The van der Waals surface area contributed by atoms with Gasteiger partial charge in [0.2, 0.25) is 0 Å². The molecule has 2 aromatic carbocycles. The van der Waals surface area contributed by atoms with E-state index < -0.39 is 0 Å². The van der Waals surface area contributed by atoms with Gasteiger partial charge in [0, 0.05) is 17.3 Å². The Labute approximate surface area is 201 Å². The monoisotopic (exact) mass is 463 g/mol. The Morgan fingerprint density at radius 3 is 2.55 bits per heavy atom. The number of hydrogen-bond donors (Lipinski definition) is 2. The van der Waals surface area contributed by atoms with Gasteiger partial charge in [0.25, 0.3) is 5.56 Å². The summed E-state index contributed by atoms with van der Waals surface area (Å²) in [5.41, 5.74) is 4.84. The molecule has 1 aliphatic carbocycles. The van der Waals surface area contributed by atoms with Crippen molar-refractivity contribution >= 4 is 33.9 Å². The van der Waals surface area contributed by atoms with Gasteiger partial charge in [-0.3, -0.25) is 4.79 Å². The van der Waals surface area contributed by atoms with Gasteiger partial charge >= 0.3 is 0 Å². The van der Waals surface area contributed by atoms with E-state index in [0.29, 0.717) is 24.3 Å². The van der Waals surface area contributed by atoms with Crippen LogP contribution in [0.5, 0.6) is 5.75 Å². The van der Waals surface area contributed by atoms with Gasteiger partial charge in [-0.05, 0) is 92.7 Å². The molecular formula is C27H33N3O2S. The number of aryl methyl sites for hydroxylation is 2. The number of fused-ring (bicyclic) bond motifs is 1. The number of aromatic amines is 1. The molecule has 0 atom stereocenters. The summed E-state index contributed by atoms with van der Waals surface area (Å²) in [6, 6.07) is 14.4. The van der Waals surface area contributed by atoms with Crippen LogP contribution in [0.15, 0.2) is 47.3 Å². The van der Waals surface area contributed by atoms with E-state index in [1.165, 1.54) is 24.8 Å². The van der Waals surface area contributed by atoms with E-state index >= 15 is 0 Å². The molecule has 1 saturated carbocycles. The number of hydrogen-bond acceptors (Lipinski definition) is 3. The van der Waals surface area contributed by atoms with Gasteiger partial charge in [-0.15, -0.1) is 0 Å². The number of pyridine rings is 1. The Balaban J connectivity index is 1.60. The fraction of sp³-hybridized carbons (Fsp3) is 0.407. The number of thiocarbonyl (C=S) groups is 1. The first kappa shape index (κ1) is 23.3.